The molecule has 0 unspecified atom stereocenters. The van der Waals surface area contributed by atoms with E-state index in [1.54, 1.807) is 24.5 Å². The summed E-state index contributed by atoms with van der Waals surface area (Å²) in [4.78, 5) is 20.1. The third-order valence-corrected chi connectivity index (χ3v) is 3.63. The highest BCUT2D eigenvalue weighted by Crippen LogP contribution is 2.32. The molecule has 1 aliphatic heterocycles. The molecule has 1 aliphatic rings. The number of halogens is 1. The van der Waals surface area contributed by atoms with Crippen LogP contribution in [0, 0.1) is 11.3 Å². The average molecular weight is 402 g/mol. The molecule has 0 saturated carbocycles. The van der Waals surface area contributed by atoms with Crippen molar-refractivity contribution in [1.82, 2.24) is 15.3 Å². The van der Waals surface area contributed by atoms with E-state index < -0.39 is 5.91 Å². The van der Waals surface area contributed by atoms with Crippen LogP contribution in [0.3, 0.4) is 0 Å². The first kappa shape index (κ1) is 16.7. The predicted octanol–water partition coefficient (Wildman–Crippen LogP) is 2.10. The molecule has 0 spiro atoms. The molecule has 25 heavy (non-hydrogen) atoms. The number of hydrogen-bond acceptors (Lipinski definition) is 7. The molecule has 0 bridgehead atoms. The van der Waals surface area contributed by atoms with E-state index in [2.05, 4.69) is 36.5 Å². The normalized spacial score (nSPS) is 12.4. The van der Waals surface area contributed by atoms with Crippen LogP contribution in [0.4, 0.5) is 5.95 Å². The van der Waals surface area contributed by atoms with Crippen LogP contribution in [0.25, 0.3) is 0 Å². The number of nitriles is 1. The molecular weight excluding hydrogens is 390 g/mol. The molecule has 1 aromatic heterocycles. The largest absolute Gasteiger partial charge is 0.454 e. The number of nitrogens with zero attached hydrogens (tertiary/aromatic N) is 3. The molecule has 9 heteroatoms. The fourth-order valence-corrected chi connectivity index (χ4v) is 2.21. The van der Waals surface area contributed by atoms with Crippen LogP contribution in [0.15, 0.2) is 46.8 Å². The predicted molar refractivity (Wildman–Crippen MR) is 91.5 cm³/mol. The number of ether oxygens (including phenoxy) is 2. The van der Waals surface area contributed by atoms with E-state index >= 15 is 0 Å². The fraction of sp³-hybridized carbons (Fsp3) is 0.125. The third-order valence-electron chi connectivity index (χ3n) is 3.22. The lowest BCUT2D eigenvalue weighted by molar-refractivity contribution is -0.117. The molecule has 2 aromatic rings. The Morgan fingerprint density at radius 2 is 2.08 bits per heavy atom. The van der Waals surface area contributed by atoms with Crippen molar-refractivity contribution in [3.05, 3.63) is 52.4 Å². The lowest BCUT2D eigenvalue weighted by Crippen LogP contribution is -2.24. The maximum Gasteiger partial charge on any atom is 0.263 e. The zero-order valence-electron chi connectivity index (χ0n) is 12.8. The van der Waals surface area contributed by atoms with Crippen LogP contribution in [-0.4, -0.2) is 22.7 Å². The molecule has 1 aromatic carbocycles. The van der Waals surface area contributed by atoms with Crippen molar-refractivity contribution in [3.8, 4) is 17.6 Å². The number of carbonyl (C=O) groups excluding carboxylic acids is 1. The standard InChI is InChI=1S/C16H12BrN5O3/c17-12-7-21-16(22-8-12)20-6-11(4-18)15(23)19-5-10-1-2-13-14(3-10)25-9-24-13/h1-3,6-8H,5,9H2,(H,19,23)(H,20,21,22)/b11-6-. The second-order valence-corrected chi connectivity index (χ2v) is 5.83. The van der Waals surface area contributed by atoms with Gasteiger partial charge in [0.05, 0.1) is 4.47 Å². The number of fused-ring (bicyclic) bond motifs is 1. The number of aromatic nitrogens is 2. The van der Waals surface area contributed by atoms with E-state index in [0.29, 0.717) is 11.5 Å². The van der Waals surface area contributed by atoms with Crippen molar-refractivity contribution in [2.75, 3.05) is 12.1 Å². The molecule has 2 heterocycles. The van der Waals surface area contributed by atoms with Gasteiger partial charge in [0, 0.05) is 25.1 Å². The number of hydrogen-bond donors (Lipinski definition) is 2. The number of benzene rings is 1. The Morgan fingerprint density at radius 1 is 1.32 bits per heavy atom. The Kier molecular flexibility index (Phi) is 5.11. The third kappa shape index (κ3) is 4.24. The van der Waals surface area contributed by atoms with Crippen LogP contribution < -0.4 is 20.1 Å². The highest BCUT2D eigenvalue weighted by atomic mass is 79.9. The van der Waals surface area contributed by atoms with Gasteiger partial charge in [-0.05, 0) is 33.6 Å². The van der Waals surface area contributed by atoms with Crippen LogP contribution >= 0.6 is 15.9 Å². The van der Waals surface area contributed by atoms with E-state index in [0.717, 1.165) is 10.0 Å². The van der Waals surface area contributed by atoms with Crippen molar-refractivity contribution in [1.29, 1.82) is 5.26 Å². The Bertz CT molecular complexity index is 861. The highest BCUT2D eigenvalue weighted by Gasteiger charge is 2.14. The highest BCUT2D eigenvalue weighted by molar-refractivity contribution is 9.10. The Balaban J connectivity index is 1.59. The molecule has 3 rings (SSSR count). The van der Waals surface area contributed by atoms with Gasteiger partial charge >= 0.3 is 0 Å². The summed E-state index contributed by atoms with van der Waals surface area (Å²) in [5, 5.41) is 14.5. The van der Waals surface area contributed by atoms with Gasteiger partial charge in [-0.2, -0.15) is 5.26 Å². The minimum atomic E-state index is -0.509. The molecule has 0 aliphatic carbocycles. The molecule has 0 saturated heterocycles. The topological polar surface area (TPSA) is 109 Å². The lowest BCUT2D eigenvalue weighted by Gasteiger charge is -2.06. The minimum absolute atomic E-state index is 0.0905. The van der Waals surface area contributed by atoms with Crippen molar-refractivity contribution in [2.24, 2.45) is 0 Å². The van der Waals surface area contributed by atoms with Crippen LogP contribution in [0.2, 0.25) is 0 Å². The van der Waals surface area contributed by atoms with Crippen molar-refractivity contribution < 1.29 is 14.3 Å². The maximum atomic E-state index is 12.1. The van der Waals surface area contributed by atoms with Crippen LogP contribution in [0.5, 0.6) is 11.5 Å². The number of amides is 1. The Hall–Kier alpha value is -3.12. The van der Waals surface area contributed by atoms with Gasteiger partial charge in [0.15, 0.2) is 11.5 Å². The second-order valence-electron chi connectivity index (χ2n) is 4.91. The van der Waals surface area contributed by atoms with Crippen LogP contribution in [-0.2, 0) is 11.3 Å². The average Bonchev–Trinajstić information content (AvgIpc) is 3.09. The number of rotatable bonds is 5. The zero-order chi connectivity index (χ0) is 17.6. The first-order chi connectivity index (χ1) is 12.2. The van der Waals surface area contributed by atoms with E-state index in [4.69, 9.17) is 14.7 Å². The lowest BCUT2D eigenvalue weighted by atomic mass is 10.2. The van der Waals surface area contributed by atoms with E-state index in [-0.39, 0.29) is 24.9 Å². The van der Waals surface area contributed by atoms with Gasteiger partial charge in [0.25, 0.3) is 5.91 Å². The number of nitrogens with one attached hydrogen (secondary N) is 2. The maximum absolute atomic E-state index is 12.1. The summed E-state index contributed by atoms with van der Waals surface area (Å²) in [6.07, 6.45) is 4.36. The van der Waals surface area contributed by atoms with Crippen molar-refractivity contribution in [3.63, 3.8) is 0 Å². The minimum Gasteiger partial charge on any atom is -0.454 e. The molecule has 1 amide bonds. The van der Waals surface area contributed by atoms with Gasteiger partial charge in [-0.3, -0.25) is 4.79 Å². The quantitative estimate of drug-likeness (QED) is 0.582. The first-order valence-corrected chi connectivity index (χ1v) is 7.96. The van der Waals surface area contributed by atoms with Gasteiger partial charge in [-0.1, -0.05) is 6.07 Å². The van der Waals surface area contributed by atoms with Gasteiger partial charge in [0.1, 0.15) is 11.6 Å². The summed E-state index contributed by atoms with van der Waals surface area (Å²) in [5.41, 5.74) is 0.742. The summed E-state index contributed by atoms with van der Waals surface area (Å²) in [5.74, 6) is 1.08. The van der Waals surface area contributed by atoms with E-state index in [1.807, 2.05) is 12.1 Å². The SMILES string of the molecule is N#C/C(=C/Nc1ncc(Br)cn1)C(=O)NCc1ccc2c(c1)OCO2. The zero-order valence-corrected chi connectivity index (χ0v) is 14.4. The summed E-state index contributed by atoms with van der Waals surface area (Å²) in [7, 11) is 0. The van der Waals surface area contributed by atoms with Crippen molar-refractivity contribution >= 4 is 27.8 Å². The number of anilines is 1. The molecule has 126 valence electrons. The molecule has 2 N–H and O–H groups in total. The van der Waals surface area contributed by atoms with Crippen molar-refractivity contribution in [2.45, 2.75) is 6.54 Å². The number of carbonyl (C=O) groups is 1. The van der Waals surface area contributed by atoms with Gasteiger partial charge in [-0.25, -0.2) is 9.97 Å². The second kappa shape index (κ2) is 7.63. The van der Waals surface area contributed by atoms with Gasteiger partial charge < -0.3 is 20.1 Å². The molecule has 0 fully saturated rings. The molecule has 0 radical (unpaired) electrons. The molecule has 0 atom stereocenters. The molecule has 8 nitrogen and oxygen atoms in total. The van der Waals surface area contributed by atoms with Crippen LogP contribution in [0.1, 0.15) is 5.56 Å². The van der Waals surface area contributed by atoms with Gasteiger partial charge in [-0.15, -0.1) is 0 Å². The molecular formula is C16H12BrN5O3. The smallest absolute Gasteiger partial charge is 0.263 e. The first-order valence-electron chi connectivity index (χ1n) is 7.17. The fourth-order valence-electron chi connectivity index (χ4n) is 2.00. The Morgan fingerprint density at radius 3 is 2.84 bits per heavy atom. The monoisotopic (exact) mass is 401 g/mol. The van der Waals surface area contributed by atoms with E-state index in [9.17, 15) is 4.79 Å². The summed E-state index contributed by atoms with van der Waals surface area (Å²) in [6.45, 7) is 0.444. The van der Waals surface area contributed by atoms with Gasteiger partial charge in [0.2, 0.25) is 12.7 Å². The summed E-state index contributed by atoms with van der Waals surface area (Å²) < 4.78 is 11.2. The summed E-state index contributed by atoms with van der Waals surface area (Å²) in [6, 6.07) is 7.21. The Labute approximate surface area is 151 Å². The summed E-state index contributed by atoms with van der Waals surface area (Å²) >= 11 is 3.22. The van der Waals surface area contributed by atoms with E-state index in [1.165, 1.54) is 6.20 Å².